The van der Waals surface area contributed by atoms with Crippen molar-refractivity contribution in [3.63, 3.8) is 0 Å². The lowest BCUT2D eigenvalue weighted by atomic mass is 10.2. The minimum atomic E-state index is -1.68. The van der Waals surface area contributed by atoms with E-state index in [1.165, 1.54) is 19.6 Å². The summed E-state index contributed by atoms with van der Waals surface area (Å²) < 4.78 is 57.5. The van der Waals surface area contributed by atoms with Gasteiger partial charge in [-0.1, -0.05) is 0 Å². The second-order valence-electron chi connectivity index (χ2n) is 3.66. The van der Waals surface area contributed by atoms with Crippen LogP contribution in [0.2, 0.25) is 0 Å². The molecular formula is C11H8F4N2O. The predicted molar refractivity (Wildman–Crippen MR) is 54.9 cm³/mol. The molecule has 0 unspecified atom stereocenters. The summed E-state index contributed by atoms with van der Waals surface area (Å²) in [5.41, 5.74) is -0.199. The molecule has 0 spiro atoms. The molecule has 0 saturated heterocycles. The van der Waals surface area contributed by atoms with Crippen LogP contribution in [0.15, 0.2) is 23.0 Å². The lowest BCUT2D eigenvalue weighted by molar-refractivity contribution is 0.407. The SMILES string of the molecule is CN(Cc1ccoc1)c1c(F)c(F)nc(F)c1F. The average molecular weight is 260 g/mol. The van der Waals surface area contributed by atoms with Crippen molar-refractivity contribution in [2.24, 2.45) is 0 Å². The van der Waals surface area contributed by atoms with Crippen LogP contribution in [0.25, 0.3) is 0 Å². The van der Waals surface area contributed by atoms with Gasteiger partial charge in [-0.05, 0) is 6.07 Å². The summed E-state index contributed by atoms with van der Waals surface area (Å²) in [6.45, 7) is 0.0350. The number of aromatic nitrogens is 1. The quantitative estimate of drug-likeness (QED) is 0.627. The van der Waals surface area contributed by atoms with E-state index in [-0.39, 0.29) is 6.54 Å². The Morgan fingerprint density at radius 1 is 1.17 bits per heavy atom. The number of halogens is 4. The molecule has 0 N–H and O–H groups in total. The molecule has 0 aliphatic rings. The molecule has 96 valence electrons. The smallest absolute Gasteiger partial charge is 0.253 e. The van der Waals surface area contributed by atoms with Gasteiger partial charge in [-0.2, -0.15) is 22.5 Å². The Morgan fingerprint density at radius 3 is 2.28 bits per heavy atom. The fraction of sp³-hybridized carbons (Fsp3) is 0.182. The van der Waals surface area contributed by atoms with Gasteiger partial charge in [-0.25, -0.2) is 0 Å². The zero-order chi connectivity index (χ0) is 13.3. The molecule has 0 aromatic carbocycles. The van der Waals surface area contributed by atoms with Crippen molar-refractivity contribution in [2.45, 2.75) is 6.54 Å². The minimum Gasteiger partial charge on any atom is -0.472 e. The summed E-state index contributed by atoms with van der Waals surface area (Å²) in [6.07, 6.45) is 2.74. The minimum absolute atomic E-state index is 0.0350. The summed E-state index contributed by atoms with van der Waals surface area (Å²) in [4.78, 5) is 3.52. The summed E-state index contributed by atoms with van der Waals surface area (Å²) >= 11 is 0. The van der Waals surface area contributed by atoms with E-state index in [0.29, 0.717) is 5.56 Å². The van der Waals surface area contributed by atoms with Crippen LogP contribution in [0.4, 0.5) is 23.2 Å². The van der Waals surface area contributed by atoms with E-state index in [1.54, 1.807) is 6.07 Å². The maximum Gasteiger partial charge on any atom is 0.253 e. The van der Waals surface area contributed by atoms with Gasteiger partial charge in [0.1, 0.15) is 5.69 Å². The van der Waals surface area contributed by atoms with E-state index >= 15 is 0 Å². The third kappa shape index (κ3) is 2.15. The molecule has 0 aliphatic heterocycles. The van der Waals surface area contributed by atoms with Crippen LogP contribution < -0.4 is 4.90 Å². The molecule has 2 aromatic rings. The summed E-state index contributed by atoms with van der Waals surface area (Å²) in [7, 11) is 1.30. The number of furan rings is 1. The van der Waals surface area contributed by atoms with Crippen LogP contribution in [0, 0.1) is 23.5 Å². The van der Waals surface area contributed by atoms with Crippen molar-refractivity contribution in [1.82, 2.24) is 4.98 Å². The Hall–Kier alpha value is -2.05. The van der Waals surface area contributed by atoms with E-state index in [9.17, 15) is 17.6 Å². The maximum absolute atomic E-state index is 13.4. The first-order valence-electron chi connectivity index (χ1n) is 4.93. The molecular weight excluding hydrogens is 252 g/mol. The lowest BCUT2D eigenvalue weighted by Crippen LogP contribution is -2.21. The Balaban J connectivity index is 2.38. The Labute approximate surface area is 99.7 Å². The molecule has 0 amide bonds. The van der Waals surface area contributed by atoms with Crippen molar-refractivity contribution in [1.29, 1.82) is 0 Å². The van der Waals surface area contributed by atoms with Crippen molar-refractivity contribution < 1.29 is 22.0 Å². The van der Waals surface area contributed by atoms with Gasteiger partial charge in [0.15, 0.2) is 0 Å². The summed E-state index contributed by atoms with van der Waals surface area (Å²) in [5.74, 6) is -6.41. The molecule has 0 fully saturated rings. The van der Waals surface area contributed by atoms with Crippen molar-refractivity contribution in [2.75, 3.05) is 11.9 Å². The summed E-state index contributed by atoms with van der Waals surface area (Å²) in [6, 6.07) is 1.57. The van der Waals surface area contributed by atoms with E-state index in [1.807, 2.05) is 0 Å². The van der Waals surface area contributed by atoms with Crippen LogP contribution in [0.3, 0.4) is 0 Å². The topological polar surface area (TPSA) is 29.3 Å². The Bertz CT molecular complexity index is 530. The third-order valence-electron chi connectivity index (χ3n) is 2.36. The van der Waals surface area contributed by atoms with Crippen LogP contribution in [0.1, 0.15) is 5.56 Å². The van der Waals surface area contributed by atoms with Crippen LogP contribution in [-0.4, -0.2) is 12.0 Å². The lowest BCUT2D eigenvalue weighted by Gasteiger charge is -2.19. The highest BCUT2D eigenvalue weighted by Gasteiger charge is 2.23. The highest BCUT2D eigenvalue weighted by atomic mass is 19.2. The molecule has 2 aromatic heterocycles. The Kier molecular flexibility index (Phi) is 3.22. The molecule has 2 heterocycles. The monoisotopic (exact) mass is 260 g/mol. The number of pyridine rings is 1. The molecule has 0 aliphatic carbocycles. The first kappa shape index (κ1) is 12.4. The van der Waals surface area contributed by atoms with Crippen molar-refractivity contribution in [3.05, 3.63) is 47.7 Å². The van der Waals surface area contributed by atoms with Gasteiger partial charge >= 0.3 is 0 Å². The standard InChI is InChI=1S/C11H8F4N2O/c1-17(4-6-2-3-18-5-6)9-7(12)10(14)16-11(15)8(9)13/h2-3,5H,4H2,1H3. The third-order valence-corrected chi connectivity index (χ3v) is 2.36. The van der Waals surface area contributed by atoms with Gasteiger partial charge in [0.2, 0.25) is 11.6 Å². The zero-order valence-electron chi connectivity index (χ0n) is 9.25. The van der Waals surface area contributed by atoms with Gasteiger partial charge in [-0.3, -0.25) is 0 Å². The number of rotatable bonds is 3. The molecule has 3 nitrogen and oxygen atoms in total. The zero-order valence-corrected chi connectivity index (χ0v) is 9.25. The molecule has 0 atom stereocenters. The first-order valence-corrected chi connectivity index (χ1v) is 4.93. The number of hydrogen-bond donors (Lipinski definition) is 0. The highest BCUT2D eigenvalue weighted by molar-refractivity contribution is 5.48. The number of hydrogen-bond acceptors (Lipinski definition) is 3. The van der Waals surface area contributed by atoms with Crippen LogP contribution in [-0.2, 0) is 6.54 Å². The first-order chi connectivity index (χ1) is 8.50. The number of nitrogens with zero attached hydrogens (tertiary/aromatic N) is 2. The van der Waals surface area contributed by atoms with Crippen LogP contribution in [0.5, 0.6) is 0 Å². The van der Waals surface area contributed by atoms with Gasteiger partial charge in [0.25, 0.3) is 11.9 Å². The number of anilines is 1. The molecule has 0 bridgehead atoms. The van der Waals surface area contributed by atoms with Gasteiger partial charge < -0.3 is 9.32 Å². The van der Waals surface area contributed by atoms with Gasteiger partial charge in [-0.15, -0.1) is 0 Å². The fourth-order valence-electron chi connectivity index (χ4n) is 1.55. The second kappa shape index (κ2) is 4.67. The predicted octanol–water partition coefficient (Wildman–Crippen LogP) is 2.87. The Morgan fingerprint density at radius 2 is 1.78 bits per heavy atom. The van der Waals surface area contributed by atoms with Crippen LogP contribution >= 0.6 is 0 Å². The molecule has 0 radical (unpaired) electrons. The molecule has 2 rings (SSSR count). The van der Waals surface area contributed by atoms with Crippen molar-refractivity contribution >= 4 is 5.69 Å². The summed E-state index contributed by atoms with van der Waals surface area (Å²) in [5, 5.41) is 0. The second-order valence-corrected chi connectivity index (χ2v) is 3.66. The van der Waals surface area contributed by atoms with Gasteiger partial charge in [0.05, 0.1) is 12.5 Å². The average Bonchev–Trinajstić information content (AvgIpc) is 2.79. The van der Waals surface area contributed by atoms with Gasteiger partial charge in [0, 0.05) is 19.2 Å². The molecule has 0 saturated carbocycles. The van der Waals surface area contributed by atoms with E-state index in [2.05, 4.69) is 4.98 Å². The maximum atomic E-state index is 13.4. The van der Waals surface area contributed by atoms with E-state index in [0.717, 1.165) is 4.90 Å². The van der Waals surface area contributed by atoms with E-state index in [4.69, 9.17) is 4.42 Å². The van der Waals surface area contributed by atoms with E-state index < -0.39 is 29.2 Å². The highest BCUT2D eigenvalue weighted by Crippen LogP contribution is 2.26. The van der Waals surface area contributed by atoms with Crippen molar-refractivity contribution in [3.8, 4) is 0 Å². The molecule has 7 heteroatoms. The largest absolute Gasteiger partial charge is 0.472 e. The fourth-order valence-corrected chi connectivity index (χ4v) is 1.55. The normalized spacial score (nSPS) is 10.7. The molecule has 18 heavy (non-hydrogen) atoms.